The Hall–Kier alpha value is -2.08. The fraction of sp³-hybridized carbons (Fsp3) is 0.579. The lowest BCUT2D eigenvalue weighted by Gasteiger charge is -2.22. The third-order valence-electron chi connectivity index (χ3n) is 4.16. The maximum absolute atomic E-state index is 12.6. The lowest BCUT2D eigenvalue weighted by molar-refractivity contribution is -0.116. The van der Waals surface area contributed by atoms with Crippen LogP contribution in [0.2, 0.25) is 0 Å². The fourth-order valence-electron chi connectivity index (χ4n) is 2.97. The summed E-state index contributed by atoms with van der Waals surface area (Å²) < 4.78 is 4.99. The summed E-state index contributed by atoms with van der Waals surface area (Å²) in [6, 6.07) is 5.58. The molecule has 0 unspecified atom stereocenters. The van der Waals surface area contributed by atoms with Crippen molar-refractivity contribution >= 4 is 23.2 Å². The van der Waals surface area contributed by atoms with Gasteiger partial charge >= 0.3 is 0 Å². The smallest absolute Gasteiger partial charge is 0.253 e. The third kappa shape index (κ3) is 5.74. The minimum atomic E-state index is -0.140. The van der Waals surface area contributed by atoms with Crippen LogP contribution in [0.1, 0.15) is 43.5 Å². The molecule has 2 rings (SSSR count). The average molecular weight is 347 g/mol. The van der Waals surface area contributed by atoms with Crippen molar-refractivity contribution in [1.82, 2.24) is 5.32 Å². The number of anilines is 2. The highest BCUT2D eigenvalue weighted by Crippen LogP contribution is 2.27. The predicted molar refractivity (Wildman–Crippen MR) is 100 cm³/mol. The van der Waals surface area contributed by atoms with E-state index in [4.69, 9.17) is 4.74 Å². The molecule has 0 atom stereocenters. The van der Waals surface area contributed by atoms with E-state index in [1.165, 1.54) is 0 Å². The molecule has 1 fully saturated rings. The molecule has 1 saturated heterocycles. The van der Waals surface area contributed by atoms with Crippen molar-refractivity contribution in [3.8, 4) is 0 Å². The Labute approximate surface area is 149 Å². The number of ether oxygens (including phenoxy) is 1. The molecule has 2 amide bonds. The first-order valence-electron chi connectivity index (χ1n) is 8.97. The first-order valence-corrected chi connectivity index (χ1v) is 8.97. The Kier molecular flexibility index (Phi) is 7.25. The second-order valence-electron chi connectivity index (χ2n) is 6.82. The largest absolute Gasteiger partial charge is 0.383 e. The van der Waals surface area contributed by atoms with E-state index in [1.54, 1.807) is 13.2 Å². The molecular formula is C19H29N3O3. The number of carbonyl (C=O) groups excluding carboxylic acids is 2. The number of nitrogens with zero attached hydrogens (tertiary/aromatic N) is 1. The molecule has 0 aliphatic carbocycles. The van der Waals surface area contributed by atoms with E-state index in [0.29, 0.717) is 36.7 Å². The van der Waals surface area contributed by atoms with Gasteiger partial charge in [0.15, 0.2) is 0 Å². The van der Waals surface area contributed by atoms with Gasteiger partial charge in [0.05, 0.1) is 12.2 Å². The number of carbonyl (C=O) groups is 2. The van der Waals surface area contributed by atoms with E-state index in [1.807, 2.05) is 26.0 Å². The highest BCUT2D eigenvalue weighted by molar-refractivity contribution is 6.02. The normalized spacial score (nSPS) is 14.0. The van der Waals surface area contributed by atoms with Crippen molar-refractivity contribution in [2.45, 2.75) is 33.1 Å². The second kappa shape index (κ2) is 9.42. The molecule has 6 heteroatoms. The second-order valence-corrected chi connectivity index (χ2v) is 6.82. The fourth-order valence-corrected chi connectivity index (χ4v) is 2.97. The molecule has 1 aliphatic rings. The lowest BCUT2D eigenvalue weighted by Crippen LogP contribution is -2.30. The number of benzene rings is 1. The Morgan fingerprint density at radius 1 is 1.24 bits per heavy atom. The van der Waals surface area contributed by atoms with Gasteiger partial charge in [0.25, 0.3) is 5.91 Å². The van der Waals surface area contributed by atoms with E-state index in [-0.39, 0.29) is 11.8 Å². The minimum Gasteiger partial charge on any atom is -0.383 e. The Bertz CT molecular complexity index is 596. The van der Waals surface area contributed by atoms with Crippen LogP contribution in [0.15, 0.2) is 18.2 Å². The summed E-state index contributed by atoms with van der Waals surface area (Å²) in [5, 5.41) is 5.76. The van der Waals surface area contributed by atoms with Crippen LogP contribution in [0, 0.1) is 5.92 Å². The van der Waals surface area contributed by atoms with Crippen LogP contribution in [0.25, 0.3) is 0 Å². The van der Waals surface area contributed by atoms with E-state index in [0.717, 1.165) is 31.6 Å². The van der Waals surface area contributed by atoms with Crippen LogP contribution in [-0.4, -0.2) is 45.2 Å². The molecular weight excluding hydrogens is 318 g/mol. The zero-order valence-electron chi connectivity index (χ0n) is 15.4. The van der Waals surface area contributed by atoms with Crippen LogP contribution < -0.4 is 15.5 Å². The number of amides is 2. The molecule has 0 spiro atoms. The lowest BCUT2D eigenvalue weighted by atomic mass is 10.1. The molecule has 1 heterocycles. The summed E-state index contributed by atoms with van der Waals surface area (Å²) in [4.78, 5) is 26.9. The molecule has 0 radical (unpaired) electrons. The summed E-state index contributed by atoms with van der Waals surface area (Å²) in [6.07, 6.45) is 2.73. The molecule has 6 nitrogen and oxygen atoms in total. The number of hydrogen-bond donors (Lipinski definition) is 2. The van der Waals surface area contributed by atoms with Crippen LogP contribution in [0.5, 0.6) is 0 Å². The van der Waals surface area contributed by atoms with E-state index in [9.17, 15) is 9.59 Å². The molecule has 0 saturated carbocycles. The Balaban J connectivity index is 2.19. The molecule has 1 aromatic carbocycles. The quantitative estimate of drug-likeness (QED) is 0.709. The van der Waals surface area contributed by atoms with E-state index in [2.05, 4.69) is 15.5 Å². The van der Waals surface area contributed by atoms with Crippen LogP contribution in [0.3, 0.4) is 0 Å². The van der Waals surface area contributed by atoms with Crippen molar-refractivity contribution in [2.75, 3.05) is 43.6 Å². The van der Waals surface area contributed by atoms with Crippen molar-refractivity contribution < 1.29 is 14.3 Å². The van der Waals surface area contributed by atoms with Gasteiger partial charge in [-0.15, -0.1) is 0 Å². The molecule has 1 aromatic rings. The third-order valence-corrected chi connectivity index (χ3v) is 4.16. The summed E-state index contributed by atoms with van der Waals surface area (Å²) >= 11 is 0. The molecule has 2 N–H and O–H groups in total. The monoisotopic (exact) mass is 347 g/mol. The number of rotatable bonds is 8. The maximum atomic E-state index is 12.6. The summed E-state index contributed by atoms with van der Waals surface area (Å²) in [5.74, 6) is 0.120. The molecule has 0 bridgehead atoms. The van der Waals surface area contributed by atoms with Gasteiger partial charge in [-0.1, -0.05) is 13.8 Å². The standard InChI is InChI=1S/C19H29N3O3/c1-14(2)12-18(23)21-15-6-7-17(22-9-4-5-10-22)16(13-15)19(24)20-8-11-25-3/h6-7,13-14H,4-5,8-12H2,1-3H3,(H,20,24)(H,21,23). The number of methoxy groups -OCH3 is 1. The molecule has 25 heavy (non-hydrogen) atoms. The van der Waals surface area contributed by atoms with E-state index < -0.39 is 0 Å². The zero-order chi connectivity index (χ0) is 18.2. The molecule has 0 aromatic heterocycles. The first-order chi connectivity index (χ1) is 12.0. The topological polar surface area (TPSA) is 70.7 Å². The first kappa shape index (κ1) is 19.2. The van der Waals surface area contributed by atoms with E-state index >= 15 is 0 Å². The summed E-state index contributed by atoms with van der Waals surface area (Å²) in [7, 11) is 1.60. The van der Waals surface area contributed by atoms with Gasteiger partial charge < -0.3 is 20.3 Å². The average Bonchev–Trinajstić information content (AvgIpc) is 3.08. The number of hydrogen-bond acceptors (Lipinski definition) is 4. The van der Waals surface area contributed by atoms with Gasteiger partial charge in [-0.2, -0.15) is 0 Å². The maximum Gasteiger partial charge on any atom is 0.253 e. The summed E-state index contributed by atoms with van der Waals surface area (Å²) in [5.41, 5.74) is 2.18. The van der Waals surface area contributed by atoms with Crippen LogP contribution in [-0.2, 0) is 9.53 Å². The van der Waals surface area contributed by atoms with Gasteiger partial charge in [-0.25, -0.2) is 0 Å². The number of nitrogens with one attached hydrogen (secondary N) is 2. The Morgan fingerprint density at radius 2 is 1.96 bits per heavy atom. The molecule has 1 aliphatic heterocycles. The van der Waals surface area contributed by atoms with Gasteiger partial charge in [0.2, 0.25) is 5.91 Å². The van der Waals surface area contributed by atoms with Crippen LogP contribution in [0.4, 0.5) is 11.4 Å². The predicted octanol–water partition coefficient (Wildman–Crippen LogP) is 2.65. The van der Waals surface area contributed by atoms with Gasteiger partial charge in [-0.05, 0) is 37.0 Å². The van der Waals surface area contributed by atoms with Gasteiger partial charge in [-0.3, -0.25) is 9.59 Å². The van der Waals surface area contributed by atoms with Crippen molar-refractivity contribution in [3.63, 3.8) is 0 Å². The Morgan fingerprint density at radius 3 is 2.60 bits per heavy atom. The zero-order valence-corrected chi connectivity index (χ0v) is 15.4. The van der Waals surface area contributed by atoms with Crippen molar-refractivity contribution in [1.29, 1.82) is 0 Å². The van der Waals surface area contributed by atoms with Gasteiger partial charge in [0, 0.05) is 44.5 Å². The minimum absolute atomic E-state index is 0.0327. The molecule has 138 valence electrons. The highest BCUT2D eigenvalue weighted by Gasteiger charge is 2.20. The van der Waals surface area contributed by atoms with Gasteiger partial charge in [0.1, 0.15) is 0 Å². The SMILES string of the molecule is COCCNC(=O)c1cc(NC(=O)CC(C)C)ccc1N1CCCC1. The summed E-state index contributed by atoms with van der Waals surface area (Å²) in [6.45, 7) is 6.85. The highest BCUT2D eigenvalue weighted by atomic mass is 16.5. The van der Waals surface area contributed by atoms with Crippen molar-refractivity contribution in [2.24, 2.45) is 5.92 Å². The van der Waals surface area contributed by atoms with Crippen molar-refractivity contribution in [3.05, 3.63) is 23.8 Å². The van der Waals surface area contributed by atoms with Crippen LogP contribution >= 0.6 is 0 Å².